The third kappa shape index (κ3) is 3.32. The fourth-order valence-corrected chi connectivity index (χ4v) is 2.47. The van der Waals surface area contributed by atoms with Gasteiger partial charge in [-0.3, -0.25) is 0 Å². The summed E-state index contributed by atoms with van der Waals surface area (Å²) < 4.78 is 10.1. The maximum absolute atomic E-state index is 11.4. The summed E-state index contributed by atoms with van der Waals surface area (Å²) in [6, 6.07) is 8.81. The van der Waals surface area contributed by atoms with E-state index in [4.69, 9.17) is 4.42 Å². The van der Waals surface area contributed by atoms with Crippen LogP contribution in [0.4, 0.5) is 0 Å². The summed E-state index contributed by atoms with van der Waals surface area (Å²) in [7, 11) is 1.32. The number of carbonyl (C=O) groups excluding carboxylic acids is 1. The van der Waals surface area contributed by atoms with Crippen molar-refractivity contribution in [2.45, 2.75) is 17.6 Å². The lowest BCUT2D eigenvalue weighted by molar-refractivity contribution is 0.0562. The third-order valence-corrected chi connectivity index (χ3v) is 3.55. The molecule has 0 atom stereocenters. The van der Waals surface area contributed by atoms with Crippen LogP contribution < -0.4 is 0 Å². The van der Waals surface area contributed by atoms with Gasteiger partial charge < -0.3 is 14.3 Å². The number of hydrogen-bond acceptors (Lipinski definition) is 5. The third-order valence-electron chi connectivity index (χ3n) is 2.54. The first kappa shape index (κ1) is 13.5. The number of benzene rings is 1. The summed E-state index contributed by atoms with van der Waals surface area (Å²) >= 11 is 1.52. The van der Waals surface area contributed by atoms with Crippen LogP contribution in [0, 0.1) is 6.92 Å². The summed E-state index contributed by atoms with van der Waals surface area (Å²) in [6.45, 7) is 1.80. The van der Waals surface area contributed by atoms with E-state index in [2.05, 4.69) is 4.74 Å². The number of phenolic OH excluding ortho intramolecular Hbond substituents is 1. The zero-order valence-electron chi connectivity index (χ0n) is 10.7. The quantitative estimate of drug-likeness (QED) is 0.686. The lowest BCUT2D eigenvalue weighted by Gasteiger charge is -2.00. The Morgan fingerprint density at radius 2 is 2.21 bits per heavy atom. The average molecular weight is 278 g/mol. The van der Waals surface area contributed by atoms with E-state index < -0.39 is 5.97 Å². The zero-order chi connectivity index (χ0) is 13.8. The normalized spacial score (nSPS) is 10.4. The molecular formula is C14H14O4S. The molecule has 19 heavy (non-hydrogen) atoms. The van der Waals surface area contributed by atoms with Gasteiger partial charge in [-0.1, -0.05) is 6.07 Å². The van der Waals surface area contributed by atoms with Gasteiger partial charge in [0.15, 0.2) is 0 Å². The Hall–Kier alpha value is -1.88. The van der Waals surface area contributed by atoms with Crippen molar-refractivity contribution >= 4 is 17.7 Å². The average Bonchev–Trinajstić information content (AvgIpc) is 2.77. The van der Waals surface area contributed by atoms with Crippen LogP contribution in [-0.4, -0.2) is 18.2 Å². The largest absolute Gasteiger partial charge is 0.508 e. The summed E-state index contributed by atoms with van der Waals surface area (Å²) in [5.41, 5.74) is 0.762. The fourth-order valence-electron chi connectivity index (χ4n) is 1.64. The molecule has 0 unspecified atom stereocenters. The molecule has 1 aromatic heterocycles. The smallest absolute Gasteiger partial charge is 0.374 e. The SMILES string of the molecule is COC(=O)c1oc(CSc2cccc(O)c2)cc1C. The molecule has 100 valence electrons. The van der Waals surface area contributed by atoms with Crippen molar-refractivity contribution in [3.8, 4) is 5.75 Å². The van der Waals surface area contributed by atoms with E-state index in [-0.39, 0.29) is 11.5 Å². The van der Waals surface area contributed by atoms with Gasteiger partial charge in [-0.2, -0.15) is 0 Å². The molecular weight excluding hydrogens is 264 g/mol. The number of furan rings is 1. The minimum atomic E-state index is -0.467. The van der Waals surface area contributed by atoms with E-state index >= 15 is 0 Å². The number of aromatic hydroxyl groups is 1. The van der Waals surface area contributed by atoms with E-state index in [0.29, 0.717) is 11.5 Å². The number of carbonyl (C=O) groups is 1. The Balaban J connectivity index is 2.06. The zero-order valence-corrected chi connectivity index (χ0v) is 11.5. The molecule has 1 aromatic carbocycles. The van der Waals surface area contributed by atoms with E-state index in [0.717, 1.165) is 10.5 Å². The molecule has 5 heteroatoms. The van der Waals surface area contributed by atoms with Gasteiger partial charge in [-0.15, -0.1) is 11.8 Å². The highest BCUT2D eigenvalue weighted by atomic mass is 32.2. The molecule has 0 aliphatic rings. The molecule has 1 heterocycles. The molecule has 0 spiro atoms. The molecule has 0 fully saturated rings. The van der Waals surface area contributed by atoms with Gasteiger partial charge in [0.1, 0.15) is 11.5 Å². The minimum absolute atomic E-state index is 0.232. The van der Waals surface area contributed by atoms with Gasteiger partial charge in [-0.25, -0.2) is 4.79 Å². The van der Waals surface area contributed by atoms with Gasteiger partial charge >= 0.3 is 5.97 Å². The number of rotatable bonds is 4. The van der Waals surface area contributed by atoms with Crippen molar-refractivity contribution in [1.82, 2.24) is 0 Å². The first-order valence-corrected chi connectivity index (χ1v) is 6.68. The molecule has 0 saturated carbocycles. The van der Waals surface area contributed by atoms with Crippen molar-refractivity contribution < 1.29 is 19.1 Å². The van der Waals surface area contributed by atoms with Gasteiger partial charge in [0.05, 0.1) is 12.9 Å². The van der Waals surface area contributed by atoms with Gasteiger partial charge in [-0.05, 0) is 31.2 Å². The molecule has 0 aliphatic heterocycles. The van der Waals surface area contributed by atoms with Crippen LogP contribution in [0.15, 0.2) is 39.6 Å². The molecule has 2 rings (SSSR count). The van der Waals surface area contributed by atoms with Gasteiger partial charge in [0.25, 0.3) is 0 Å². The Morgan fingerprint density at radius 1 is 1.42 bits per heavy atom. The highest BCUT2D eigenvalue weighted by molar-refractivity contribution is 7.98. The minimum Gasteiger partial charge on any atom is -0.508 e. The second-order valence-electron chi connectivity index (χ2n) is 4.00. The molecule has 1 N–H and O–H groups in total. The van der Waals surface area contributed by atoms with Crippen LogP contribution in [0.5, 0.6) is 5.75 Å². The molecule has 0 amide bonds. The van der Waals surface area contributed by atoms with Crippen LogP contribution in [0.3, 0.4) is 0 Å². The summed E-state index contributed by atoms with van der Waals surface area (Å²) in [6.07, 6.45) is 0. The molecule has 0 aliphatic carbocycles. The van der Waals surface area contributed by atoms with E-state index in [1.807, 2.05) is 12.1 Å². The Kier molecular flexibility index (Phi) is 4.16. The molecule has 2 aromatic rings. The van der Waals surface area contributed by atoms with Crippen LogP contribution in [0.2, 0.25) is 0 Å². The monoisotopic (exact) mass is 278 g/mol. The predicted octanol–water partition coefficient (Wildman–Crippen LogP) is 3.37. The van der Waals surface area contributed by atoms with Crippen molar-refractivity contribution in [3.63, 3.8) is 0 Å². The van der Waals surface area contributed by atoms with Crippen LogP contribution >= 0.6 is 11.8 Å². The summed E-state index contributed by atoms with van der Waals surface area (Å²) in [4.78, 5) is 12.3. The number of methoxy groups -OCH3 is 1. The molecule has 0 radical (unpaired) electrons. The number of ether oxygens (including phenoxy) is 1. The van der Waals surface area contributed by atoms with Crippen molar-refractivity contribution in [3.05, 3.63) is 47.4 Å². The Morgan fingerprint density at radius 3 is 2.89 bits per heavy atom. The first-order valence-electron chi connectivity index (χ1n) is 5.69. The maximum atomic E-state index is 11.4. The van der Waals surface area contributed by atoms with Crippen molar-refractivity contribution in [1.29, 1.82) is 0 Å². The molecule has 0 bridgehead atoms. The maximum Gasteiger partial charge on any atom is 0.374 e. The second-order valence-corrected chi connectivity index (χ2v) is 5.05. The highest BCUT2D eigenvalue weighted by Crippen LogP contribution is 2.27. The van der Waals surface area contributed by atoms with Crippen molar-refractivity contribution in [2.75, 3.05) is 7.11 Å². The number of esters is 1. The molecule has 4 nitrogen and oxygen atoms in total. The van der Waals surface area contributed by atoms with Gasteiger partial charge in [0, 0.05) is 10.5 Å². The Labute approximate surface area is 115 Å². The summed E-state index contributed by atoms with van der Waals surface area (Å²) in [5, 5.41) is 9.37. The lowest BCUT2D eigenvalue weighted by Crippen LogP contribution is -2.00. The van der Waals surface area contributed by atoms with Crippen molar-refractivity contribution in [2.24, 2.45) is 0 Å². The lowest BCUT2D eigenvalue weighted by atomic mass is 10.3. The first-order chi connectivity index (χ1) is 9.10. The van der Waals surface area contributed by atoms with E-state index in [9.17, 15) is 9.90 Å². The van der Waals surface area contributed by atoms with E-state index in [1.54, 1.807) is 25.1 Å². The number of aryl methyl sites for hydroxylation is 1. The van der Waals surface area contributed by atoms with Crippen LogP contribution in [0.1, 0.15) is 21.9 Å². The van der Waals surface area contributed by atoms with Gasteiger partial charge in [0.2, 0.25) is 5.76 Å². The topological polar surface area (TPSA) is 59.7 Å². The number of hydrogen-bond donors (Lipinski definition) is 1. The van der Waals surface area contributed by atoms with E-state index in [1.165, 1.54) is 18.9 Å². The number of phenols is 1. The second kappa shape index (κ2) is 5.84. The van der Waals surface area contributed by atoms with Crippen LogP contribution in [0.25, 0.3) is 0 Å². The van der Waals surface area contributed by atoms with Crippen LogP contribution in [-0.2, 0) is 10.5 Å². The number of thioether (sulfide) groups is 1. The highest BCUT2D eigenvalue weighted by Gasteiger charge is 2.16. The Bertz CT molecular complexity index is 589. The predicted molar refractivity (Wildman–Crippen MR) is 72.5 cm³/mol. The fraction of sp³-hybridized carbons (Fsp3) is 0.214. The summed E-state index contributed by atoms with van der Waals surface area (Å²) in [5.74, 6) is 1.30. The standard InChI is InChI=1S/C14H14O4S/c1-9-6-11(18-13(9)14(16)17-2)8-19-12-5-3-4-10(15)7-12/h3-7,15H,8H2,1-2H3. The molecule has 0 saturated heterocycles.